The van der Waals surface area contributed by atoms with Gasteiger partial charge in [-0.15, -0.1) is 0 Å². The van der Waals surface area contributed by atoms with Crippen molar-refractivity contribution in [3.05, 3.63) is 75.2 Å². The number of nitrogens with one attached hydrogen (secondary N) is 2. The van der Waals surface area contributed by atoms with E-state index in [0.29, 0.717) is 41.1 Å². The molecule has 1 amide bonds. The third-order valence-electron chi connectivity index (χ3n) is 5.80. The summed E-state index contributed by atoms with van der Waals surface area (Å²) in [5.74, 6) is 0.996. The Morgan fingerprint density at radius 1 is 1.08 bits per heavy atom. The first kappa shape index (κ1) is 27.0. The van der Waals surface area contributed by atoms with Crippen molar-refractivity contribution in [3.8, 4) is 11.5 Å². The van der Waals surface area contributed by atoms with Crippen LogP contribution in [0.2, 0.25) is 0 Å². The Bertz CT molecular complexity index is 1290. The van der Waals surface area contributed by atoms with Crippen LogP contribution in [0.25, 0.3) is 11.0 Å². The highest BCUT2D eigenvalue weighted by Crippen LogP contribution is 2.28. The average Bonchev–Trinajstić information content (AvgIpc) is 2.86. The number of rotatable bonds is 12. The number of hydrogen-bond donors (Lipinski definition) is 2. The summed E-state index contributed by atoms with van der Waals surface area (Å²) >= 11 is 0. The lowest BCUT2D eigenvalue weighted by Gasteiger charge is -2.12. The minimum atomic E-state index is -0.613. The van der Waals surface area contributed by atoms with E-state index in [2.05, 4.69) is 23.6 Å². The third-order valence-corrected chi connectivity index (χ3v) is 5.80. The van der Waals surface area contributed by atoms with Gasteiger partial charge in [-0.3, -0.25) is 4.79 Å². The van der Waals surface area contributed by atoms with Crippen molar-refractivity contribution >= 4 is 22.6 Å². The molecule has 1 heterocycles. The van der Waals surface area contributed by atoms with Gasteiger partial charge in [-0.05, 0) is 95.1 Å². The van der Waals surface area contributed by atoms with E-state index in [-0.39, 0.29) is 5.69 Å². The fourth-order valence-electron chi connectivity index (χ4n) is 3.82. The summed E-state index contributed by atoms with van der Waals surface area (Å²) in [5, 5.41) is 6.75. The fraction of sp³-hybridized carbons (Fsp3) is 0.379. The van der Waals surface area contributed by atoms with E-state index in [1.807, 2.05) is 32.9 Å². The number of aryl methyl sites for hydroxylation is 1. The van der Waals surface area contributed by atoms with Crippen LogP contribution in [0.3, 0.4) is 0 Å². The summed E-state index contributed by atoms with van der Waals surface area (Å²) in [6.07, 6.45) is 4.70. The molecule has 3 aromatic rings. The lowest BCUT2D eigenvalue weighted by molar-refractivity contribution is 0.102. The molecular weight excluding hydrogens is 456 g/mol. The van der Waals surface area contributed by atoms with Crippen LogP contribution in [-0.4, -0.2) is 32.7 Å². The second-order valence-corrected chi connectivity index (χ2v) is 8.97. The van der Waals surface area contributed by atoms with Gasteiger partial charge >= 0.3 is 5.63 Å². The highest BCUT2D eigenvalue weighted by Gasteiger charge is 2.15. The van der Waals surface area contributed by atoms with Gasteiger partial charge in [0.15, 0.2) is 0 Å². The summed E-state index contributed by atoms with van der Waals surface area (Å²) in [5.41, 5.74) is 3.18. The Hall–Kier alpha value is -3.58. The van der Waals surface area contributed by atoms with Crippen LogP contribution in [-0.2, 0) is 6.42 Å². The van der Waals surface area contributed by atoms with Crippen molar-refractivity contribution in [3.63, 3.8) is 0 Å². The highest BCUT2D eigenvalue weighted by atomic mass is 16.5. The van der Waals surface area contributed by atoms with Crippen molar-refractivity contribution in [2.75, 3.05) is 32.1 Å². The molecule has 0 saturated carbocycles. The first-order valence-corrected chi connectivity index (χ1v) is 12.4. The number of fused-ring (bicyclic) bond motifs is 1. The van der Waals surface area contributed by atoms with Gasteiger partial charge in [0.2, 0.25) is 0 Å². The Morgan fingerprint density at radius 2 is 1.86 bits per heavy atom. The van der Waals surface area contributed by atoms with Gasteiger partial charge in [-0.25, -0.2) is 4.79 Å². The normalized spacial score (nSPS) is 10.8. The molecule has 2 N–H and O–H groups in total. The molecular formula is C29H36N2O5. The third kappa shape index (κ3) is 6.98. The number of amides is 1. The summed E-state index contributed by atoms with van der Waals surface area (Å²) in [7, 11) is 1.60. The van der Waals surface area contributed by atoms with Crippen LogP contribution in [0.1, 0.15) is 55.1 Å². The molecule has 0 fully saturated rings. The SMILES string of the molecule is CCCNCCCOc1ccc2cc(NC(=O)c3ccc(OC)c(CC=C(C)C)c3)c(=O)oc2c1C. The predicted octanol–water partition coefficient (Wildman–Crippen LogP) is 5.64. The standard InChI is InChI=1S/C29H36N2O5/c1-6-14-30-15-7-16-35-25-12-10-22-18-24(29(33)36-27(22)20(25)4)31-28(32)23-11-13-26(34-5)21(17-23)9-8-19(2)3/h8,10-13,17-18,30H,6-7,9,14-16H2,1-5H3,(H,31,32). The number of allylic oxidation sites excluding steroid dienone is 2. The van der Waals surface area contributed by atoms with E-state index in [9.17, 15) is 9.59 Å². The van der Waals surface area contributed by atoms with Gasteiger partial charge in [-0.2, -0.15) is 0 Å². The number of hydrogen-bond acceptors (Lipinski definition) is 6. The number of carbonyl (C=O) groups excluding carboxylic acids is 1. The molecule has 1 aromatic heterocycles. The molecule has 7 heteroatoms. The van der Waals surface area contributed by atoms with Gasteiger partial charge in [0, 0.05) is 16.5 Å². The predicted molar refractivity (Wildman–Crippen MR) is 145 cm³/mol. The number of anilines is 1. The van der Waals surface area contributed by atoms with E-state index in [1.54, 1.807) is 31.4 Å². The molecule has 192 valence electrons. The lowest BCUT2D eigenvalue weighted by atomic mass is 10.0. The molecule has 0 saturated heterocycles. The molecule has 0 aliphatic heterocycles. The molecule has 3 rings (SSSR count). The van der Waals surface area contributed by atoms with Crippen molar-refractivity contribution in [1.82, 2.24) is 5.32 Å². The zero-order chi connectivity index (χ0) is 26.1. The fourth-order valence-corrected chi connectivity index (χ4v) is 3.82. The zero-order valence-corrected chi connectivity index (χ0v) is 21.8. The maximum atomic E-state index is 13.0. The molecule has 0 radical (unpaired) electrons. The van der Waals surface area contributed by atoms with Gasteiger partial charge in [0.25, 0.3) is 5.91 Å². The Morgan fingerprint density at radius 3 is 2.58 bits per heavy atom. The molecule has 2 aromatic carbocycles. The van der Waals surface area contributed by atoms with Crippen molar-refractivity contribution in [2.45, 2.75) is 47.0 Å². The molecule has 0 spiro atoms. The first-order valence-electron chi connectivity index (χ1n) is 12.4. The number of benzene rings is 2. The minimum Gasteiger partial charge on any atom is -0.496 e. The summed E-state index contributed by atoms with van der Waals surface area (Å²) in [6.45, 7) is 10.5. The molecule has 0 bridgehead atoms. The largest absolute Gasteiger partial charge is 0.496 e. The molecule has 0 unspecified atom stereocenters. The van der Waals surface area contributed by atoms with Crippen LogP contribution in [0.4, 0.5) is 5.69 Å². The molecule has 0 aliphatic carbocycles. The second kappa shape index (κ2) is 12.9. The average molecular weight is 493 g/mol. The minimum absolute atomic E-state index is 0.0873. The second-order valence-electron chi connectivity index (χ2n) is 8.97. The monoisotopic (exact) mass is 492 g/mol. The van der Waals surface area contributed by atoms with Crippen LogP contribution >= 0.6 is 0 Å². The molecule has 0 atom stereocenters. The quantitative estimate of drug-likeness (QED) is 0.193. The van der Waals surface area contributed by atoms with Crippen LogP contribution in [0.15, 0.2) is 57.3 Å². The van der Waals surface area contributed by atoms with Gasteiger partial charge in [0.05, 0.1) is 13.7 Å². The van der Waals surface area contributed by atoms with Crippen molar-refractivity contribution in [1.29, 1.82) is 0 Å². The topological polar surface area (TPSA) is 89.8 Å². The summed E-state index contributed by atoms with van der Waals surface area (Å²) in [4.78, 5) is 25.7. The first-order chi connectivity index (χ1) is 17.3. The Labute approximate surface area is 212 Å². The maximum Gasteiger partial charge on any atom is 0.360 e. The number of methoxy groups -OCH3 is 1. The molecule has 36 heavy (non-hydrogen) atoms. The van der Waals surface area contributed by atoms with Crippen molar-refractivity contribution in [2.24, 2.45) is 0 Å². The van der Waals surface area contributed by atoms with E-state index < -0.39 is 11.5 Å². The Balaban J connectivity index is 1.76. The lowest BCUT2D eigenvalue weighted by Crippen LogP contribution is -2.18. The van der Waals surface area contributed by atoms with E-state index in [1.165, 1.54) is 5.57 Å². The van der Waals surface area contributed by atoms with E-state index in [0.717, 1.165) is 37.1 Å². The van der Waals surface area contributed by atoms with Crippen LogP contribution in [0, 0.1) is 6.92 Å². The highest BCUT2D eigenvalue weighted by molar-refractivity contribution is 6.05. The van der Waals surface area contributed by atoms with Crippen LogP contribution < -0.4 is 25.7 Å². The van der Waals surface area contributed by atoms with Gasteiger partial charge in [0.1, 0.15) is 22.8 Å². The maximum absolute atomic E-state index is 13.0. The van der Waals surface area contributed by atoms with E-state index >= 15 is 0 Å². The van der Waals surface area contributed by atoms with E-state index in [4.69, 9.17) is 13.9 Å². The summed E-state index contributed by atoms with van der Waals surface area (Å²) < 4.78 is 16.9. The smallest absolute Gasteiger partial charge is 0.360 e. The number of carbonyl (C=O) groups is 1. The van der Waals surface area contributed by atoms with Crippen molar-refractivity contribution < 1.29 is 18.7 Å². The Kier molecular flexibility index (Phi) is 9.70. The zero-order valence-electron chi connectivity index (χ0n) is 21.8. The summed E-state index contributed by atoms with van der Waals surface area (Å²) in [6, 6.07) is 10.5. The number of ether oxygens (including phenoxy) is 2. The molecule has 0 aliphatic rings. The van der Waals surface area contributed by atoms with Gasteiger partial charge in [-0.1, -0.05) is 18.6 Å². The van der Waals surface area contributed by atoms with Crippen LogP contribution in [0.5, 0.6) is 11.5 Å². The molecule has 7 nitrogen and oxygen atoms in total. The van der Waals surface area contributed by atoms with Gasteiger partial charge < -0.3 is 24.5 Å².